The van der Waals surface area contributed by atoms with Gasteiger partial charge in [-0.15, -0.1) is 0 Å². The number of amides is 1. The predicted octanol–water partition coefficient (Wildman–Crippen LogP) is 1.66. The Morgan fingerprint density at radius 1 is 1.25 bits per heavy atom. The Kier molecular flexibility index (Phi) is 4.54. The van der Waals surface area contributed by atoms with Crippen molar-refractivity contribution in [1.29, 1.82) is 0 Å². The van der Waals surface area contributed by atoms with Gasteiger partial charge in [-0.25, -0.2) is 8.78 Å². The molecule has 0 spiro atoms. The number of carbonyl (C=O) groups excluding carboxylic acids is 1. The van der Waals surface area contributed by atoms with E-state index in [-0.39, 0.29) is 30.4 Å². The Morgan fingerprint density at radius 2 is 1.90 bits per heavy atom. The minimum absolute atomic E-state index is 0.0279. The second-order valence-corrected chi connectivity index (χ2v) is 5.11. The maximum atomic E-state index is 14.2. The summed E-state index contributed by atoms with van der Waals surface area (Å²) in [6.07, 6.45) is 3.75. The summed E-state index contributed by atoms with van der Waals surface area (Å²) in [5, 5.41) is 0. The Labute approximate surface area is 116 Å². The van der Waals surface area contributed by atoms with Crippen molar-refractivity contribution in [3.05, 3.63) is 29.3 Å². The van der Waals surface area contributed by atoms with E-state index in [2.05, 4.69) is 0 Å². The molecule has 0 unspecified atom stereocenters. The number of rotatable bonds is 5. The van der Waals surface area contributed by atoms with Crippen molar-refractivity contribution >= 4 is 11.6 Å². The van der Waals surface area contributed by atoms with Crippen LogP contribution < -0.4 is 16.4 Å². The van der Waals surface area contributed by atoms with Crippen molar-refractivity contribution in [2.75, 3.05) is 11.4 Å². The van der Waals surface area contributed by atoms with E-state index in [0.29, 0.717) is 0 Å². The molecule has 0 saturated heterocycles. The topological polar surface area (TPSA) is 72.3 Å². The molecule has 6 heteroatoms. The minimum Gasteiger partial charge on any atom is -0.368 e. The van der Waals surface area contributed by atoms with Crippen molar-refractivity contribution in [2.24, 2.45) is 11.5 Å². The van der Waals surface area contributed by atoms with Crippen molar-refractivity contribution < 1.29 is 13.6 Å². The predicted molar refractivity (Wildman–Crippen MR) is 73.0 cm³/mol. The summed E-state index contributed by atoms with van der Waals surface area (Å²) in [5.41, 5.74) is 10.8. The summed E-state index contributed by atoms with van der Waals surface area (Å²) in [4.78, 5) is 12.8. The Bertz CT molecular complexity index is 501. The summed E-state index contributed by atoms with van der Waals surface area (Å²) in [5.74, 6) is -2.46. The van der Waals surface area contributed by atoms with Gasteiger partial charge in [0.05, 0.1) is 12.2 Å². The highest BCUT2D eigenvalue weighted by Gasteiger charge is 2.27. The van der Waals surface area contributed by atoms with Crippen molar-refractivity contribution in [3.8, 4) is 0 Å². The molecular weight excluding hydrogens is 264 g/mol. The van der Waals surface area contributed by atoms with Gasteiger partial charge in [-0.2, -0.15) is 0 Å². The maximum Gasteiger partial charge on any atom is 0.236 e. The first-order valence-electron chi connectivity index (χ1n) is 6.76. The van der Waals surface area contributed by atoms with Crippen LogP contribution in [0.1, 0.15) is 31.2 Å². The highest BCUT2D eigenvalue weighted by molar-refractivity contribution is 5.79. The molecule has 0 aromatic heterocycles. The zero-order valence-corrected chi connectivity index (χ0v) is 11.2. The third kappa shape index (κ3) is 2.90. The second-order valence-electron chi connectivity index (χ2n) is 5.11. The first kappa shape index (κ1) is 14.7. The molecule has 0 atom stereocenters. The van der Waals surface area contributed by atoms with Crippen LogP contribution >= 0.6 is 0 Å². The summed E-state index contributed by atoms with van der Waals surface area (Å²) in [7, 11) is 0. The molecule has 1 aliphatic rings. The summed E-state index contributed by atoms with van der Waals surface area (Å²) in [6.45, 7) is -0.175. The highest BCUT2D eigenvalue weighted by Crippen LogP contribution is 2.31. The zero-order chi connectivity index (χ0) is 14.7. The molecule has 1 fully saturated rings. The Balaban J connectivity index is 2.37. The number of primary amides is 1. The van der Waals surface area contributed by atoms with Gasteiger partial charge in [0.15, 0.2) is 11.6 Å². The third-order valence-electron chi connectivity index (χ3n) is 3.76. The van der Waals surface area contributed by atoms with Gasteiger partial charge in [0.1, 0.15) is 0 Å². The first-order valence-corrected chi connectivity index (χ1v) is 6.76. The molecule has 1 aromatic carbocycles. The Hall–Kier alpha value is -1.69. The van der Waals surface area contributed by atoms with Crippen LogP contribution in [0.3, 0.4) is 0 Å². The molecule has 20 heavy (non-hydrogen) atoms. The Morgan fingerprint density at radius 3 is 2.45 bits per heavy atom. The lowest BCUT2D eigenvalue weighted by atomic mass is 10.1. The second kappa shape index (κ2) is 6.17. The molecule has 2 rings (SSSR count). The number of anilines is 1. The zero-order valence-electron chi connectivity index (χ0n) is 11.2. The molecule has 1 aliphatic carbocycles. The van der Waals surface area contributed by atoms with Crippen LogP contribution in [-0.2, 0) is 11.3 Å². The summed E-state index contributed by atoms with van der Waals surface area (Å²) < 4.78 is 28.0. The fraction of sp³-hybridized carbons (Fsp3) is 0.500. The average molecular weight is 283 g/mol. The van der Waals surface area contributed by atoms with Crippen molar-refractivity contribution in [2.45, 2.75) is 38.3 Å². The number of nitrogens with zero attached hydrogens (tertiary/aromatic N) is 1. The van der Waals surface area contributed by atoms with Crippen LogP contribution in [-0.4, -0.2) is 18.5 Å². The van der Waals surface area contributed by atoms with Gasteiger partial charge >= 0.3 is 0 Å². The van der Waals surface area contributed by atoms with Gasteiger partial charge in [0.2, 0.25) is 5.91 Å². The molecule has 1 aromatic rings. The fourth-order valence-electron chi connectivity index (χ4n) is 2.75. The van der Waals surface area contributed by atoms with Gasteiger partial charge in [-0.05, 0) is 18.9 Å². The number of hydrogen-bond donors (Lipinski definition) is 2. The average Bonchev–Trinajstić information content (AvgIpc) is 2.93. The monoisotopic (exact) mass is 283 g/mol. The lowest BCUT2D eigenvalue weighted by Gasteiger charge is -2.30. The van der Waals surface area contributed by atoms with E-state index < -0.39 is 17.5 Å². The molecule has 0 heterocycles. The van der Waals surface area contributed by atoms with Gasteiger partial charge < -0.3 is 16.4 Å². The summed E-state index contributed by atoms with van der Waals surface area (Å²) >= 11 is 0. The number of halogens is 2. The van der Waals surface area contributed by atoms with Gasteiger partial charge in [-0.3, -0.25) is 4.79 Å². The van der Waals surface area contributed by atoms with E-state index in [1.165, 1.54) is 12.1 Å². The largest absolute Gasteiger partial charge is 0.368 e. The van der Waals surface area contributed by atoms with Crippen LogP contribution in [0, 0.1) is 11.6 Å². The lowest BCUT2D eigenvalue weighted by Crippen LogP contribution is -2.40. The molecule has 0 radical (unpaired) electrons. The lowest BCUT2D eigenvalue weighted by molar-refractivity contribution is -0.116. The van der Waals surface area contributed by atoms with E-state index in [1.807, 2.05) is 0 Å². The molecule has 110 valence electrons. The third-order valence-corrected chi connectivity index (χ3v) is 3.76. The van der Waals surface area contributed by atoms with E-state index in [4.69, 9.17) is 11.5 Å². The molecule has 1 saturated carbocycles. The standard InChI is InChI=1S/C14H19F2N3O/c15-13-9(7-17)5-6-11(14(13)16)19(8-12(18)20)10-3-1-2-4-10/h5-6,10H,1-4,7-8,17H2,(H2,18,20). The number of hydrogen-bond acceptors (Lipinski definition) is 3. The fourth-order valence-corrected chi connectivity index (χ4v) is 2.75. The normalized spacial score (nSPS) is 15.6. The van der Waals surface area contributed by atoms with Crippen LogP contribution in [0.2, 0.25) is 0 Å². The molecule has 1 amide bonds. The molecular formula is C14H19F2N3O. The highest BCUT2D eigenvalue weighted by atomic mass is 19.2. The van der Waals surface area contributed by atoms with Crippen molar-refractivity contribution in [1.82, 2.24) is 0 Å². The quantitative estimate of drug-likeness (QED) is 0.863. The molecule has 4 N–H and O–H groups in total. The van der Waals surface area contributed by atoms with E-state index >= 15 is 0 Å². The van der Waals surface area contributed by atoms with Gasteiger partial charge in [-0.1, -0.05) is 18.9 Å². The molecule has 4 nitrogen and oxygen atoms in total. The molecule has 0 aliphatic heterocycles. The molecule has 0 bridgehead atoms. The minimum atomic E-state index is -0.957. The van der Waals surface area contributed by atoms with E-state index in [0.717, 1.165) is 25.7 Å². The number of benzene rings is 1. The van der Waals surface area contributed by atoms with Crippen LogP contribution in [0.4, 0.5) is 14.5 Å². The van der Waals surface area contributed by atoms with Crippen molar-refractivity contribution in [3.63, 3.8) is 0 Å². The smallest absolute Gasteiger partial charge is 0.236 e. The summed E-state index contributed by atoms with van der Waals surface area (Å²) in [6, 6.07) is 2.96. The maximum absolute atomic E-state index is 14.2. The van der Waals surface area contributed by atoms with Crippen LogP contribution in [0.5, 0.6) is 0 Å². The SMILES string of the molecule is NCc1ccc(N(CC(N)=O)C2CCCC2)c(F)c1F. The van der Waals surface area contributed by atoms with E-state index in [1.54, 1.807) is 4.90 Å². The van der Waals surface area contributed by atoms with Crippen LogP contribution in [0.25, 0.3) is 0 Å². The van der Waals surface area contributed by atoms with Gasteiger partial charge in [0, 0.05) is 18.2 Å². The first-order chi connectivity index (χ1) is 9.54. The number of nitrogens with two attached hydrogens (primary N) is 2. The van der Waals surface area contributed by atoms with Crippen LogP contribution in [0.15, 0.2) is 12.1 Å². The van der Waals surface area contributed by atoms with E-state index in [9.17, 15) is 13.6 Å². The van der Waals surface area contributed by atoms with Gasteiger partial charge in [0.25, 0.3) is 0 Å². The number of carbonyl (C=O) groups is 1.